The van der Waals surface area contributed by atoms with Gasteiger partial charge in [0.2, 0.25) is 0 Å². The topological polar surface area (TPSA) is 6.48 Å². The van der Waals surface area contributed by atoms with Crippen LogP contribution in [-0.2, 0) is 6.54 Å². The lowest BCUT2D eigenvalue weighted by Crippen LogP contribution is -2.46. The van der Waals surface area contributed by atoms with Gasteiger partial charge < -0.3 is 0 Å². The second-order valence-electron chi connectivity index (χ2n) is 5.87. The molecule has 2 nitrogen and oxygen atoms in total. The lowest BCUT2D eigenvalue weighted by atomic mass is 10.0. The van der Waals surface area contributed by atoms with Crippen molar-refractivity contribution >= 4 is 11.6 Å². The normalized spacial score (nSPS) is 25.8. The number of likely N-dealkylation sites (tertiary alicyclic amines) is 2. The minimum atomic E-state index is 0.777. The minimum Gasteiger partial charge on any atom is -0.299 e. The van der Waals surface area contributed by atoms with Crippen molar-refractivity contribution in [2.45, 2.75) is 38.3 Å². The van der Waals surface area contributed by atoms with Crippen LogP contribution in [0.2, 0.25) is 5.02 Å². The molecule has 2 saturated heterocycles. The smallest absolute Gasteiger partial charge is 0.0451 e. The first-order valence-electron chi connectivity index (χ1n) is 7.53. The Kier molecular flexibility index (Phi) is 4.42. The lowest BCUT2D eigenvalue weighted by molar-refractivity contribution is 0.110. The van der Waals surface area contributed by atoms with Crippen molar-refractivity contribution in [2.24, 2.45) is 0 Å². The van der Waals surface area contributed by atoms with Gasteiger partial charge in [-0.2, -0.15) is 0 Å². The maximum absolute atomic E-state index is 6.27. The number of halogens is 1. The van der Waals surface area contributed by atoms with Crippen molar-refractivity contribution in [1.29, 1.82) is 0 Å². The molecule has 2 aliphatic rings. The molecule has 1 aromatic rings. The molecular weight excluding hydrogens is 256 g/mol. The number of piperidine rings is 1. The van der Waals surface area contributed by atoms with Crippen LogP contribution in [0.5, 0.6) is 0 Å². The van der Waals surface area contributed by atoms with Gasteiger partial charge >= 0.3 is 0 Å². The SMILES string of the molecule is Clc1ccccc1CN1CCCC(N2CCCC2)C1. The minimum absolute atomic E-state index is 0.777. The van der Waals surface area contributed by atoms with Crippen LogP contribution in [-0.4, -0.2) is 42.0 Å². The van der Waals surface area contributed by atoms with Gasteiger partial charge in [0.25, 0.3) is 0 Å². The van der Waals surface area contributed by atoms with Gasteiger partial charge in [-0.1, -0.05) is 29.8 Å². The summed E-state index contributed by atoms with van der Waals surface area (Å²) in [5, 5.41) is 0.908. The summed E-state index contributed by atoms with van der Waals surface area (Å²) in [5.74, 6) is 0. The van der Waals surface area contributed by atoms with Gasteiger partial charge in [0.05, 0.1) is 0 Å². The predicted molar refractivity (Wildman–Crippen MR) is 80.6 cm³/mol. The average molecular weight is 279 g/mol. The third kappa shape index (κ3) is 3.31. The fourth-order valence-corrected chi connectivity index (χ4v) is 3.64. The Morgan fingerprint density at radius 3 is 2.63 bits per heavy atom. The zero-order valence-electron chi connectivity index (χ0n) is 11.5. The summed E-state index contributed by atoms with van der Waals surface area (Å²) in [4.78, 5) is 5.27. The van der Waals surface area contributed by atoms with Crippen LogP contribution < -0.4 is 0 Å². The lowest BCUT2D eigenvalue weighted by Gasteiger charge is -2.37. The molecule has 1 atom stereocenters. The summed E-state index contributed by atoms with van der Waals surface area (Å²) in [6.07, 6.45) is 5.48. The van der Waals surface area contributed by atoms with E-state index in [4.69, 9.17) is 11.6 Å². The molecule has 0 radical (unpaired) electrons. The van der Waals surface area contributed by atoms with Crippen LogP contribution in [0.25, 0.3) is 0 Å². The van der Waals surface area contributed by atoms with Crippen molar-refractivity contribution in [2.75, 3.05) is 26.2 Å². The monoisotopic (exact) mass is 278 g/mol. The molecule has 0 bridgehead atoms. The Hall–Kier alpha value is -0.570. The van der Waals surface area contributed by atoms with Crippen molar-refractivity contribution in [3.05, 3.63) is 34.9 Å². The Bertz CT molecular complexity index is 415. The van der Waals surface area contributed by atoms with E-state index in [0.717, 1.165) is 17.6 Å². The molecule has 2 fully saturated rings. The van der Waals surface area contributed by atoms with Crippen LogP contribution in [0, 0.1) is 0 Å². The number of rotatable bonds is 3. The molecule has 3 rings (SSSR count). The summed E-state index contributed by atoms with van der Waals surface area (Å²) < 4.78 is 0. The Morgan fingerprint density at radius 2 is 1.84 bits per heavy atom. The van der Waals surface area contributed by atoms with E-state index in [-0.39, 0.29) is 0 Å². The van der Waals surface area contributed by atoms with Crippen LogP contribution in [0.1, 0.15) is 31.2 Å². The quantitative estimate of drug-likeness (QED) is 0.836. The van der Waals surface area contributed by atoms with E-state index in [1.54, 1.807) is 0 Å². The van der Waals surface area contributed by atoms with Gasteiger partial charge in [0.15, 0.2) is 0 Å². The van der Waals surface area contributed by atoms with Gasteiger partial charge in [-0.15, -0.1) is 0 Å². The van der Waals surface area contributed by atoms with E-state index in [9.17, 15) is 0 Å². The highest BCUT2D eigenvalue weighted by molar-refractivity contribution is 6.31. The molecule has 2 heterocycles. The third-order valence-electron chi connectivity index (χ3n) is 4.49. The first kappa shape index (κ1) is 13.4. The van der Waals surface area contributed by atoms with E-state index in [0.29, 0.717) is 0 Å². The molecule has 0 amide bonds. The summed E-state index contributed by atoms with van der Waals surface area (Å²) in [6, 6.07) is 9.03. The second-order valence-corrected chi connectivity index (χ2v) is 6.27. The number of hydrogen-bond acceptors (Lipinski definition) is 2. The molecule has 0 spiro atoms. The average Bonchev–Trinajstić information content (AvgIpc) is 2.96. The molecule has 19 heavy (non-hydrogen) atoms. The zero-order valence-corrected chi connectivity index (χ0v) is 12.3. The standard InChI is InChI=1S/C16H23ClN2/c17-16-8-2-1-6-14(16)12-18-9-5-7-15(13-18)19-10-3-4-11-19/h1-2,6,8,15H,3-5,7,9-13H2. The number of nitrogens with zero attached hydrogens (tertiary/aromatic N) is 2. The van der Waals surface area contributed by atoms with Crippen LogP contribution in [0.4, 0.5) is 0 Å². The van der Waals surface area contributed by atoms with Gasteiger partial charge in [-0.3, -0.25) is 9.80 Å². The van der Waals surface area contributed by atoms with Gasteiger partial charge in [-0.25, -0.2) is 0 Å². The van der Waals surface area contributed by atoms with Crippen LogP contribution in [0.15, 0.2) is 24.3 Å². The molecule has 1 aromatic carbocycles. The summed E-state index contributed by atoms with van der Waals surface area (Å²) >= 11 is 6.27. The highest BCUT2D eigenvalue weighted by Gasteiger charge is 2.27. The van der Waals surface area contributed by atoms with Gasteiger partial charge in [-0.05, 0) is 56.9 Å². The van der Waals surface area contributed by atoms with Gasteiger partial charge in [0, 0.05) is 24.2 Å². The molecule has 2 aliphatic heterocycles. The molecule has 0 aliphatic carbocycles. The molecule has 0 saturated carbocycles. The van der Waals surface area contributed by atoms with Crippen LogP contribution in [0.3, 0.4) is 0 Å². The fraction of sp³-hybridized carbons (Fsp3) is 0.625. The Morgan fingerprint density at radius 1 is 1.05 bits per heavy atom. The second kappa shape index (κ2) is 6.25. The maximum Gasteiger partial charge on any atom is 0.0451 e. The molecule has 0 N–H and O–H groups in total. The molecule has 1 unspecified atom stereocenters. The summed E-state index contributed by atoms with van der Waals surface area (Å²) in [5.41, 5.74) is 1.27. The van der Waals surface area contributed by atoms with E-state index in [1.807, 2.05) is 12.1 Å². The first-order valence-corrected chi connectivity index (χ1v) is 7.90. The molecular formula is C16H23ClN2. The number of hydrogen-bond donors (Lipinski definition) is 0. The predicted octanol–water partition coefficient (Wildman–Crippen LogP) is 3.40. The third-order valence-corrected chi connectivity index (χ3v) is 4.86. The molecule has 3 heteroatoms. The highest BCUT2D eigenvalue weighted by Crippen LogP contribution is 2.23. The fourth-order valence-electron chi connectivity index (χ4n) is 3.45. The Labute approximate surface area is 121 Å². The van der Waals surface area contributed by atoms with Crippen molar-refractivity contribution in [1.82, 2.24) is 9.80 Å². The highest BCUT2D eigenvalue weighted by atomic mass is 35.5. The van der Waals surface area contributed by atoms with Crippen molar-refractivity contribution in [3.8, 4) is 0 Å². The molecule has 0 aromatic heterocycles. The summed E-state index contributed by atoms with van der Waals surface area (Å²) in [7, 11) is 0. The Balaban J connectivity index is 1.60. The van der Waals surface area contributed by atoms with Gasteiger partial charge in [0.1, 0.15) is 0 Å². The van der Waals surface area contributed by atoms with E-state index >= 15 is 0 Å². The summed E-state index contributed by atoms with van der Waals surface area (Å²) in [6.45, 7) is 6.06. The van der Waals surface area contributed by atoms with Crippen LogP contribution >= 0.6 is 11.6 Å². The van der Waals surface area contributed by atoms with E-state index in [2.05, 4.69) is 21.9 Å². The number of benzene rings is 1. The van der Waals surface area contributed by atoms with E-state index < -0.39 is 0 Å². The largest absolute Gasteiger partial charge is 0.299 e. The van der Waals surface area contributed by atoms with Crippen molar-refractivity contribution < 1.29 is 0 Å². The maximum atomic E-state index is 6.27. The first-order chi connectivity index (χ1) is 9.33. The van der Waals surface area contributed by atoms with Crippen molar-refractivity contribution in [3.63, 3.8) is 0 Å². The zero-order chi connectivity index (χ0) is 13.1. The van der Waals surface area contributed by atoms with E-state index in [1.165, 1.54) is 57.4 Å². The molecule has 104 valence electrons.